The van der Waals surface area contributed by atoms with Crippen LogP contribution in [0.5, 0.6) is 0 Å². The third kappa shape index (κ3) is 5.12. The zero-order valence-corrected chi connectivity index (χ0v) is 12.9. The van der Waals surface area contributed by atoms with Crippen molar-refractivity contribution in [2.24, 2.45) is 5.92 Å². The number of rotatable bonds is 5. The van der Waals surface area contributed by atoms with Crippen molar-refractivity contribution in [3.05, 3.63) is 35.6 Å². The second-order valence-electron chi connectivity index (χ2n) is 6.24. The summed E-state index contributed by atoms with van der Waals surface area (Å²) in [6, 6.07) is 6.83. The van der Waals surface area contributed by atoms with Crippen LogP contribution in [0.25, 0.3) is 0 Å². The summed E-state index contributed by atoms with van der Waals surface area (Å²) in [7, 11) is 1.88. The molecule has 1 aromatic carbocycles. The van der Waals surface area contributed by atoms with Crippen LogP contribution < -0.4 is 5.32 Å². The minimum atomic E-state index is -0.235. The third-order valence-corrected chi connectivity index (χ3v) is 4.21. The van der Waals surface area contributed by atoms with Gasteiger partial charge in [-0.05, 0) is 43.5 Å². The van der Waals surface area contributed by atoms with Crippen molar-refractivity contribution in [3.8, 4) is 0 Å². The highest BCUT2D eigenvalue weighted by molar-refractivity contribution is 5.78. The van der Waals surface area contributed by atoms with Gasteiger partial charge < -0.3 is 5.32 Å². The maximum absolute atomic E-state index is 13.1. The summed E-state index contributed by atoms with van der Waals surface area (Å²) < 4.78 is 13.1. The van der Waals surface area contributed by atoms with Crippen molar-refractivity contribution in [2.75, 3.05) is 13.6 Å². The highest BCUT2D eigenvalue weighted by Gasteiger charge is 2.22. The van der Waals surface area contributed by atoms with E-state index in [1.165, 1.54) is 31.4 Å². The number of nitrogens with one attached hydrogen (secondary N) is 1. The van der Waals surface area contributed by atoms with Crippen LogP contribution in [0.2, 0.25) is 0 Å². The van der Waals surface area contributed by atoms with Crippen LogP contribution in [0, 0.1) is 11.7 Å². The Morgan fingerprint density at radius 1 is 1.38 bits per heavy atom. The Hall–Kier alpha value is -1.42. The molecule has 0 aromatic heterocycles. The Bertz CT molecular complexity index is 478. The summed E-state index contributed by atoms with van der Waals surface area (Å²) in [5.74, 6) is 0.394. The van der Waals surface area contributed by atoms with E-state index in [1.54, 1.807) is 6.07 Å². The Kier molecular flexibility index (Phi) is 5.74. The first-order chi connectivity index (χ1) is 10.0. The van der Waals surface area contributed by atoms with E-state index < -0.39 is 0 Å². The lowest BCUT2D eigenvalue weighted by atomic mass is 9.86. The highest BCUT2D eigenvalue weighted by atomic mass is 19.1. The first kappa shape index (κ1) is 16.0. The van der Waals surface area contributed by atoms with Crippen LogP contribution in [0.4, 0.5) is 4.39 Å². The average Bonchev–Trinajstić information content (AvgIpc) is 2.41. The molecule has 1 fully saturated rings. The van der Waals surface area contributed by atoms with E-state index in [-0.39, 0.29) is 11.7 Å². The molecule has 0 bridgehead atoms. The summed E-state index contributed by atoms with van der Waals surface area (Å²) in [4.78, 5) is 14.0. The van der Waals surface area contributed by atoms with Gasteiger partial charge in [0.15, 0.2) is 0 Å². The van der Waals surface area contributed by atoms with Crippen molar-refractivity contribution in [1.29, 1.82) is 0 Å². The predicted octanol–water partition coefficient (Wildman–Crippen LogP) is 2.95. The van der Waals surface area contributed by atoms with E-state index in [0.717, 1.165) is 12.0 Å². The van der Waals surface area contributed by atoms with Crippen LogP contribution >= 0.6 is 0 Å². The third-order valence-electron chi connectivity index (χ3n) is 4.21. The maximum Gasteiger partial charge on any atom is 0.234 e. The molecule has 0 spiro atoms. The van der Waals surface area contributed by atoms with Gasteiger partial charge in [0, 0.05) is 12.6 Å². The Balaban J connectivity index is 1.79. The van der Waals surface area contributed by atoms with Crippen LogP contribution in [0.15, 0.2) is 24.3 Å². The summed E-state index contributed by atoms with van der Waals surface area (Å²) in [6.07, 6.45) is 4.76. The molecule has 1 N–H and O–H groups in total. The highest BCUT2D eigenvalue weighted by Crippen LogP contribution is 2.23. The summed E-state index contributed by atoms with van der Waals surface area (Å²) >= 11 is 0. The van der Waals surface area contributed by atoms with Crippen LogP contribution in [0.1, 0.15) is 38.2 Å². The topological polar surface area (TPSA) is 32.3 Å². The number of hydrogen-bond donors (Lipinski definition) is 1. The first-order valence-electron chi connectivity index (χ1n) is 7.77. The van der Waals surface area contributed by atoms with Gasteiger partial charge in [0.25, 0.3) is 0 Å². The number of amides is 1. The molecular weight excluding hydrogens is 267 g/mol. The molecule has 0 saturated heterocycles. The van der Waals surface area contributed by atoms with E-state index in [1.807, 2.05) is 18.0 Å². The van der Waals surface area contributed by atoms with Crippen LogP contribution in [-0.2, 0) is 11.3 Å². The first-order valence-corrected chi connectivity index (χ1v) is 7.77. The molecule has 0 heterocycles. The molecule has 1 amide bonds. The lowest BCUT2D eigenvalue weighted by Gasteiger charge is -2.30. The molecule has 1 aliphatic carbocycles. The van der Waals surface area contributed by atoms with Crippen LogP contribution in [-0.4, -0.2) is 30.4 Å². The Morgan fingerprint density at radius 2 is 2.14 bits per heavy atom. The number of carbonyl (C=O) groups is 1. The molecular formula is C17H25FN2O. The van der Waals surface area contributed by atoms with Gasteiger partial charge in [-0.3, -0.25) is 9.69 Å². The molecule has 21 heavy (non-hydrogen) atoms. The van der Waals surface area contributed by atoms with Gasteiger partial charge >= 0.3 is 0 Å². The van der Waals surface area contributed by atoms with Gasteiger partial charge in [0.1, 0.15) is 5.82 Å². The summed E-state index contributed by atoms with van der Waals surface area (Å²) in [5.41, 5.74) is 0.885. The minimum absolute atomic E-state index is 0.0626. The number of halogens is 1. The second kappa shape index (κ2) is 7.55. The smallest absolute Gasteiger partial charge is 0.234 e. The number of carbonyl (C=O) groups excluding carboxylic acids is 1. The fourth-order valence-corrected chi connectivity index (χ4v) is 3.03. The molecule has 116 valence electrons. The summed E-state index contributed by atoms with van der Waals surface area (Å²) in [6.45, 7) is 3.13. The largest absolute Gasteiger partial charge is 0.352 e. The molecule has 3 nitrogen and oxygen atoms in total. The molecule has 0 aliphatic heterocycles. The molecule has 1 aliphatic rings. The minimum Gasteiger partial charge on any atom is -0.352 e. The van der Waals surface area contributed by atoms with Gasteiger partial charge in [-0.25, -0.2) is 4.39 Å². The molecule has 2 atom stereocenters. The van der Waals surface area contributed by atoms with Gasteiger partial charge in [-0.1, -0.05) is 31.9 Å². The fourth-order valence-electron chi connectivity index (χ4n) is 3.03. The van der Waals surface area contributed by atoms with Crippen molar-refractivity contribution >= 4 is 5.91 Å². The van der Waals surface area contributed by atoms with E-state index in [9.17, 15) is 9.18 Å². The summed E-state index contributed by atoms with van der Waals surface area (Å²) in [5, 5.41) is 3.14. The van der Waals surface area contributed by atoms with Gasteiger partial charge in [0.05, 0.1) is 6.54 Å². The molecule has 1 saturated carbocycles. The molecule has 4 heteroatoms. The number of benzene rings is 1. The number of hydrogen-bond acceptors (Lipinski definition) is 2. The van der Waals surface area contributed by atoms with Crippen molar-refractivity contribution in [3.63, 3.8) is 0 Å². The molecule has 0 radical (unpaired) electrons. The monoisotopic (exact) mass is 292 g/mol. The zero-order chi connectivity index (χ0) is 15.2. The predicted molar refractivity (Wildman–Crippen MR) is 82.3 cm³/mol. The van der Waals surface area contributed by atoms with Crippen LogP contribution in [0.3, 0.4) is 0 Å². The normalized spacial score (nSPS) is 22.3. The van der Waals surface area contributed by atoms with Crippen molar-refractivity contribution < 1.29 is 9.18 Å². The quantitative estimate of drug-likeness (QED) is 0.905. The van der Waals surface area contributed by atoms with E-state index in [4.69, 9.17) is 0 Å². The van der Waals surface area contributed by atoms with E-state index in [2.05, 4.69) is 12.2 Å². The fraction of sp³-hybridized carbons (Fsp3) is 0.588. The molecule has 2 rings (SSSR count). The van der Waals surface area contributed by atoms with E-state index in [0.29, 0.717) is 25.0 Å². The Labute approximate surface area is 126 Å². The van der Waals surface area contributed by atoms with E-state index >= 15 is 0 Å². The molecule has 0 unspecified atom stereocenters. The Morgan fingerprint density at radius 3 is 2.86 bits per heavy atom. The standard InChI is InChI=1S/C17H25FN2O/c1-13-6-3-4-9-16(13)19-17(21)12-20(2)11-14-7-5-8-15(18)10-14/h5,7-8,10,13,16H,3-4,6,9,11-12H2,1-2H3,(H,19,21)/t13-,16+/m0/s1. The van der Waals surface area contributed by atoms with Crippen molar-refractivity contribution in [1.82, 2.24) is 10.2 Å². The van der Waals surface area contributed by atoms with Crippen molar-refractivity contribution in [2.45, 2.75) is 45.2 Å². The zero-order valence-electron chi connectivity index (χ0n) is 12.9. The average molecular weight is 292 g/mol. The van der Waals surface area contributed by atoms with Gasteiger partial charge in [-0.2, -0.15) is 0 Å². The lowest BCUT2D eigenvalue weighted by Crippen LogP contribution is -2.44. The van der Waals surface area contributed by atoms with Gasteiger partial charge in [0.2, 0.25) is 5.91 Å². The molecule has 1 aromatic rings. The van der Waals surface area contributed by atoms with Gasteiger partial charge in [-0.15, -0.1) is 0 Å². The second-order valence-corrected chi connectivity index (χ2v) is 6.24. The number of likely N-dealkylation sites (N-methyl/N-ethyl adjacent to an activating group) is 1. The number of nitrogens with zero attached hydrogens (tertiary/aromatic N) is 1. The maximum atomic E-state index is 13.1. The lowest BCUT2D eigenvalue weighted by molar-refractivity contribution is -0.123. The SMILES string of the molecule is C[C@H]1CCCC[C@H]1NC(=O)CN(C)Cc1cccc(F)c1.